The minimum Gasteiger partial charge on any atom is -0.497 e. The topological polar surface area (TPSA) is 96.0 Å². The van der Waals surface area contributed by atoms with Crippen LogP contribution in [0.1, 0.15) is 50.2 Å². The summed E-state index contributed by atoms with van der Waals surface area (Å²) in [6, 6.07) is 17.0. The van der Waals surface area contributed by atoms with Crippen LogP contribution in [0.2, 0.25) is 10.0 Å². The number of rotatable bonds is 12. The van der Waals surface area contributed by atoms with Gasteiger partial charge in [-0.2, -0.15) is 0 Å². The van der Waals surface area contributed by atoms with Gasteiger partial charge in [0.05, 0.1) is 17.7 Å². The molecule has 3 aromatic rings. The molecule has 11 heteroatoms. The maximum atomic E-state index is 14.3. The van der Waals surface area contributed by atoms with E-state index in [1.165, 1.54) is 24.1 Å². The van der Waals surface area contributed by atoms with Crippen LogP contribution >= 0.6 is 23.2 Å². The molecule has 1 fully saturated rings. The molecular formula is C32H37Cl2N3O5S. The molecule has 0 spiro atoms. The first-order valence-electron chi connectivity index (χ1n) is 14.3. The highest BCUT2D eigenvalue weighted by atomic mass is 35.5. The molecular weight excluding hydrogens is 609 g/mol. The van der Waals surface area contributed by atoms with Crippen LogP contribution in [0.15, 0.2) is 71.6 Å². The fourth-order valence-corrected chi connectivity index (χ4v) is 7.12. The molecule has 0 aromatic heterocycles. The second-order valence-corrected chi connectivity index (χ2v) is 13.4. The van der Waals surface area contributed by atoms with Gasteiger partial charge in [0, 0.05) is 22.6 Å². The molecule has 2 amide bonds. The zero-order valence-corrected chi connectivity index (χ0v) is 26.9. The van der Waals surface area contributed by atoms with Crippen molar-refractivity contribution in [1.29, 1.82) is 0 Å². The number of aryl methyl sites for hydroxylation is 1. The molecule has 1 aliphatic rings. The number of anilines is 1. The summed E-state index contributed by atoms with van der Waals surface area (Å²) in [4.78, 5) is 29.3. The van der Waals surface area contributed by atoms with Gasteiger partial charge < -0.3 is 15.0 Å². The minimum absolute atomic E-state index is 0.00748. The monoisotopic (exact) mass is 645 g/mol. The first-order valence-corrected chi connectivity index (χ1v) is 16.5. The van der Waals surface area contributed by atoms with Gasteiger partial charge in [-0.15, -0.1) is 0 Å². The van der Waals surface area contributed by atoms with Crippen molar-refractivity contribution < 1.29 is 22.7 Å². The Kier molecular flexibility index (Phi) is 11.0. The number of amides is 2. The number of hydrogen-bond donors (Lipinski definition) is 1. The first kappa shape index (κ1) is 32.6. The Morgan fingerprint density at radius 2 is 1.65 bits per heavy atom. The molecule has 4 rings (SSSR count). The van der Waals surface area contributed by atoms with E-state index in [4.69, 9.17) is 27.9 Å². The number of carbonyl (C=O) groups is 2. The summed E-state index contributed by atoms with van der Waals surface area (Å²) in [7, 11) is -2.66. The average Bonchev–Trinajstić information content (AvgIpc) is 3.50. The van der Waals surface area contributed by atoms with Gasteiger partial charge in [-0.25, -0.2) is 8.42 Å². The van der Waals surface area contributed by atoms with Crippen molar-refractivity contribution >= 4 is 50.7 Å². The second kappa shape index (κ2) is 14.5. The van der Waals surface area contributed by atoms with Gasteiger partial charge in [0.15, 0.2) is 0 Å². The summed E-state index contributed by atoms with van der Waals surface area (Å²) >= 11 is 12.6. The molecule has 0 saturated heterocycles. The van der Waals surface area contributed by atoms with Crippen molar-refractivity contribution in [1.82, 2.24) is 10.2 Å². The van der Waals surface area contributed by atoms with Crippen LogP contribution in [-0.4, -0.2) is 50.9 Å². The molecule has 0 unspecified atom stereocenters. The van der Waals surface area contributed by atoms with Gasteiger partial charge in [0.2, 0.25) is 11.8 Å². The molecule has 43 heavy (non-hydrogen) atoms. The lowest BCUT2D eigenvalue weighted by Gasteiger charge is -2.34. The van der Waals surface area contributed by atoms with Gasteiger partial charge in [0.25, 0.3) is 10.0 Å². The van der Waals surface area contributed by atoms with Crippen molar-refractivity contribution in [2.24, 2.45) is 0 Å². The molecule has 1 N–H and O–H groups in total. The molecule has 0 heterocycles. The van der Waals surface area contributed by atoms with Crippen molar-refractivity contribution in [3.8, 4) is 5.75 Å². The Morgan fingerprint density at radius 3 is 2.23 bits per heavy atom. The van der Waals surface area contributed by atoms with E-state index in [1.54, 1.807) is 54.6 Å². The Balaban J connectivity index is 1.73. The number of carbonyl (C=O) groups excluding carboxylic acids is 2. The summed E-state index contributed by atoms with van der Waals surface area (Å²) in [5, 5.41) is 3.88. The van der Waals surface area contributed by atoms with E-state index in [2.05, 4.69) is 5.32 Å². The Labute approximate surface area is 264 Å². The lowest BCUT2D eigenvalue weighted by atomic mass is 10.1. The third-order valence-corrected chi connectivity index (χ3v) is 10.1. The second-order valence-electron chi connectivity index (χ2n) is 10.7. The van der Waals surface area contributed by atoms with Gasteiger partial charge in [-0.1, -0.05) is 66.7 Å². The van der Waals surface area contributed by atoms with Crippen LogP contribution in [0.5, 0.6) is 5.75 Å². The third-order valence-electron chi connectivity index (χ3n) is 7.69. The van der Waals surface area contributed by atoms with E-state index in [-0.39, 0.29) is 29.1 Å². The fourth-order valence-electron chi connectivity index (χ4n) is 5.24. The van der Waals surface area contributed by atoms with E-state index in [1.807, 2.05) is 13.8 Å². The molecule has 1 atom stereocenters. The summed E-state index contributed by atoms with van der Waals surface area (Å²) in [5.74, 6) is -0.285. The van der Waals surface area contributed by atoms with Crippen LogP contribution in [0, 0.1) is 6.92 Å². The van der Waals surface area contributed by atoms with E-state index in [9.17, 15) is 18.0 Å². The number of nitrogens with zero attached hydrogens (tertiary/aromatic N) is 2. The van der Waals surface area contributed by atoms with Crippen molar-refractivity contribution in [3.05, 3.63) is 87.9 Å². The van der Waals surface area contributed by atoms with Crippen LogP contribution in [-0.2, 0) is 26.2 Å². The van der Waals surface area contributed by atoms with Crippen LogP contribution in [0.25, 0.3) is 0 Å². The van der Waals surface area contributed by atoms with Crippen molar-refractivity contribution in [3.63, 3.8) is 0 Å². The van der Waals surface area contributed by atoms with E-state index in [0.717, 1.165) is 35.6 Å². The normalized spacial score (nSPS) is 14.3. The molecule has 1 aliphatic carbocycles. The Hall–Kier alpha value is -3.27. The number of halogens is 2. The quantitative estimate of drug-likeness (QED) is 0.247. The molecule has 0 bridgehead atoms. The summed E-state index contributed by atoms with van der Waals surface area (Å²) in [6.07, 6.45) is 4.18. The van der Waals surface area contributed by atoms with Gasteiger partial charge >= 0.3 is 0 Å². The standard InChI is InChI=1S/C32H37Cl2N3O5S/c1-4-30(32(39)35-25-7-5-6-8-25)36(20-23-11-12-24(33)19-29(23)34)31(38)21-37(26-13-15-27(42-3)16-14-26)43(40,41)28-17-9-22(2)10-18-28/h9-19,25,30H,4-8,20-21H2,1-3H3,(H,35,39)/t30-/m1/s1. The molecule has 0 radical (unpaired) electrons. The zero-order chi connectivity index (χ0) is 31.1. The predicted molar refractivity (Wildman–Crippen MR) is 170 cm³/mol. The lowest BCUT2D eigenvalue weighted by Crippen LogP contribution is -2.53. The number of ether oxygens (including phenoxy) is 1. The molecule has 8 nitrogen and oxygen atoms in total. The molecule has 230 valence electrons. The van der Waals surface area contributed by atoms with E-state index < -0.39 is 28.5 Å². The van der Waals surface area contributed by atoms with Gasteiger partial charge in [-0.05, 0) is 80.3 Å². The van der Waals surface area contributed by atoms with E-state index in [0.29, 0.717) is 27.8 Å². The zero-order valence-electron chi connectivity index (χ0n) is 24.6. The number of benzene rings is 3. The summed E-state index contributed by atoms with van der Waals surface area (Å²) in [5.41, 5.74) is 1.77. The smallest absolute Gasteiger partial charge is 0.264 e. The number of sulfonamides is 1. The summed E-state index contributed by atoms with van der Waals surface area (Å²) < 4.78 is 34.4. The van der Waals surface area contributed by atoms with E-state index >= 15 is 0 Å². The molecule has 3 aromatic carbocycles. The average molecular weight is 647 g/mol. The lowest BCUT2D eigenvalue weighted by molar-refractivity contribution is -0.140. The van der Waals surface area contributed by atoms with Crippen LogP contribution < -0.4 is 14.4 Å². The van der Waals surface area contributed by atoms with Crippen molar-refractivity contribution in [2.45, 2.75) is 69.5 Å². The SMILES string of the molecule is CC[C@H](C(=O)NC1CCCC1)N(Cc1ccc(Cl)cc1Cl)C(=O)CN(c1ccc(OC)cc1)S(=O)(=O)c1ccc(C)cc1. The van der Waals surface area contributed by atoms with Gasteiger partial charge in [-0.3, -0.25) is 13.9 Å². The number of methoxy groups -OCH3 is 1. The van der Waals surface area contributed by atoms with Crippen LogP contribution in [0.4, 0.5) is 5.69 Å². The maximum absolute atomic E-state index is 14.3. The third kappa shape index (κ3) is 8.02. The predicted octanol–water partition coefficient (Wildman–Crippen LogP) is 6.37. The number of hydrogen-bond acceptors (Lipinski definition) is 5. The highest BCUT2D eigenvalue weighted by Gasteiger charge is 2.35. The number of nitrogens with one attached hydrogen (secondary N) is 1. The largest absolute Gasteiger partial charge is 0.497 e. The highest BCUT2D eigenvalue weighted by molar-refractivity contribution is 7.92. The Bertz CT molecular complexity index is 1530. The van der Waals surface area contributed by atoms with Gasteiger partial charge in [0.1, 0.15) is 18.3 Å². The van der Waals surface area contributed by atoms with Crippen LogP contribution in [0.3, 0.4) is 0 Å². The maximum Gasteiger partial charge on any atom is 0.264 e. The Morgan fingerprint density at radius 1 is 1.00 bits per heavy atom. The molecule has 1 saturated carbocycles. The van der Waals surface area contributed by atoms with Crippen molar-refractivity contribution in [2.75, 3.05) is 18.0 Å². The summed E-state index contributed by atoms with van der Waals surface area (Å²) in [6.45, 7) is 3.14. The first-order chi connectivity index (χ1) is 20.5. The molecule has 0 aliphatic heterocycles. The minimum atomic E-state index is -4.18. The fraction of sp³-hybridized carbons (Fsp3) is 0.375. The highest BCUT2D eigenvalue weighted by Crippen LogP contribution is 2.28.